The first-order valence-corrected chi connectivity index (χ1v) is 5.98. The molecule has 0 bridgehead atoms. The van der Waals surface area contributed by atoms with E-state index in [-0.39, 0.29) is 11.1 Å². The summed E-state index contributed by atoms with van der Waals surface area (Å²) in [6, 6.07) is 7.29. The number of ether oxygens (including phenoxy) is 1. The lowest BCUT2D eigenvalue weighted by atomic mass is 10.2. The van der Waals surface area contributed by atoms with E-state index in [1.807, 2.05) is 25.1 Å². The van der Waals surface area contributed by atoms with Crippen LogP contribution in [0.2, 0.25) is 0 Å². The highest BCUT2D eigenvalue weighted by molar-refractivity contribution is 8.15. The second kappa shape index (κ2) is 4.57. The summed E-state index contributed by atoms with van der Waals surface area (Å²) in [6.07, 6.45) is 0. The fourth-order valence-electron chi connectivity index (χ4n) is 1.54. The van der Waals surface area contributed by atoms with Crippen molar-refractivity contribution in [3.8, 4) is 5.75 Å². The van der Waals surface area contributed by atoms with Crippen LogP contribution in [0.1, 0.15) is 6.92 Å². The van der Waals surface area contributed by atoms with E-state index in [4.69, 9.17) is 10.1 Å². The van der Waals surface area contributed by atoms with Crippen LogP contribution in [0.3, 0.4) is 0 Å². The Balaban J connectivity index is 2.38. The summed E-state index contributed by atoms with van der Waals surface area (Å²) in [6.45, 7) is 2.43. The molecule has 0 aliphatic carbocycles. The molecule has 16 heavy (non-hydrogen) atoms. The minimum Gasteiger partial charge on any atom is -0.492 e. The van der Waals surface area contributed by atoms with Gasteiger partial charge in [0, 0.05) is 0 Å². The van der Waals surface area contributed by atoms with Crippen LogP contribution >= 0.6 is 11.8 Å². The van der Waals surface area contributed by atoms with Crippen molar-refractivity contribution in [3.63, 3.8) is 0 Å². The normalized spacial score (nSPS) is 15.7. The molecule has 5 heteroatoms. The fraction of sp³-hybridized carbons (Fsp3) is 0.273. The minimum absolute atomic E-state index is 0.0675. The average molecular weight is 236 g/mol. The first-order chi connectivity index (χ1) is 7.74. The van der Waals surface area contributed by atoms with E-state index in [9.17, 15) is 4.79 Å². The third-order valence-corrected chi connectivity index (χ3v) is 3.04. The number of thioether (sulfide) groups is 1. The molecule has 1 aromatic rings. The van der Waals surface area contributed by atoms with E-state index in [1.54, 1.807) is 6.07 Å². The number of anilines is 1. The number of carbonyl (C=O) groups excluding carboxylic acids is 1. The summed E-state index contributed by atoms with van der Waals surface area (Å²) in [5.74, 6) is 0.909. The monoisotopic (exact) mass is 236 g/mol. The fourth-order valence-corrected chi connectivity index (χ4v) is 2.25. The maximum atomic E-state index is 11.7. The maximum absolute atomic E-state index is 11.7. The summed E-state index contributed by atoms with van der Waals surface area (Å²) < 4.78 is 5.45. The van der Waals surface area contributed by atoms with Crippen LogP contribution in [0.15, 0.2) is 24.3 Å². The number of hydrogen-bond donors (Lipinski definition) is 1. The highest BCUT2D eigenvalue weighted by atomic mass is 32.2. The van der Waals surface area contributed by atoms with E-state index >= 15 is 0 Å². The molecule has 84 valence electrons. The summed E-state index contributed by atoms with van der Waals surface area (Å²) in [5.41, 5.74) is 0.657. The zero-order valence-corrected chi connectivity index (χ0v) is 9.71. The van der Waals surface area contributed by atoms with Crippen LogP contribution in [-0.4, -0.2) is 23.4 Å². The first-order valence-electron chi connectivity index (χ1n) is 5.00. The molecule has 1 amide bonds. The van der Waals surface area contributed by atoms with E-state index in [0.29, 0.717) is 23.8 Å². The molecular formula is C11H12N2O2S. The van der Waals surface area contributed by atoms with Gasteiger partial charge in [0.15, 0.2) is 5.17 Å². The van der Waals surface area contributed by atoms with Gasteiger partial charge in [-0.15, -0.1) is 0 Å². The predicted molar refractivity (Wildman–Crippen MR) is 65.3 cm³/mol. The molecule has 0 spiro atoms. The maximum Gasteiger partial charge on any atom is 0.243 e. The molecule has 1 aliphatic rings. The van der Waals surface area contributed by atoms with Gasteiger partial charge in [0.05, 0.1) is 18.0 Å². The highest BCUT2D eigenvalue weighted by Gasteiger charge is 2.30. The SMILES string of the molecule is CCOc1ccccc1N1C(=N)SCC1=O. The van der Waals surface area contributed by atoms with Gasteiger partial charge in [-0.1, -0.05) is 23.9 Å². The smallest absolute Gasteiger partial charge is 0.243 e. The summed E-state index contributed by atoms with van der Waals surface area (Å²) >= 11 is 1.24. The molecule has 0 saturated carbocycles. The molecule has 1 saturated heterocycles. The Bertz CT molecular complexity index is 418. The zero-order valence-electron chi connectivity index (χ0n) is 8.90. The number of carbonyl (C=O) groups is 1. The van der Waals surface area contributed by atoms with Crippen LogP contribution in [0.4, 0.5) is 5.69 Å². The van der Waals surface area contributed by atoms with Gasteiger partial charge in [0.2, 0.25) is 5.91 Å². The summed E-state index contributed by atoms with van der Waals surface area (Å²) in [4.78, 5) is 13.0. The van der Waals surface area contributed by atoms with E-state index in [2.05, 4.69) is 0 Å². The number of para-hydroxylation sites is 2. The second-order valence-corrected chi connectivity index (χ2v) is 4.19. The Morgan fingerprint density at radius 2 is 2.25 bits per heavy atom. The molecule has 1 N–H and O–H groups in total. The lowest BCUT2D eigenvalue weighted by Gasteiger charge is -2.18. The van der Waals surface area contributed by atoms with Gasteiger partial charge in [0.25, 0.3) is 0 Å². The van der Waals surface area contributed by atoms with Crippen molar-refractivity contribution in [2.75, 3.05) is 17.3 Å². The van der Waals surface area contributed by atoms with Gasteiger partial charge in [-0.2, -0.15) is 0 Å². The quantitative estimate of drug-likeness (QED) is 0.874. The van der Waals surface area contributed by atoms with Gasteiger partial charge in [-0.05, 0) is 19.1 Å². The number of amides is 1. The Morgan fingerprint density at radius 1 is 1.50 bits per heavy atom. The second-order valence-electron chi connectivity index (χ2n) is 3.22. The van der Waals surface area contributed by atoms with Gasteiger partial charge in [-0.25, -0.2) is 0 Å². The Morgan fingerprint density at radius 3 is 2.88 bits per heavy atom. The molecule has 1 heterocycles. The topological polar surface area (TPSA) is 53.4 Å². The molecule has 1 aliphatic heterocycles. The van der Waals surface area contributed by atoms with Crippen LogP contribution in [0, 0.1) is 5.41 Å². The average Bonchev–Trinajstić information content (AvgIpc) is 2.60. The molecular weight excluding hydrogens is 224 g/mol. The third-order valence-electron chi connectivity index (χ3n) is 2.19. The minimum atomic E-state index is -0.0675. The van der Waals surface area contributed by atoms with E-state index in [0.717, 1.165) is 0 Å². The standard InChI is InChI=1S/C11H12N2O2S/c1-2-15-9-6-4-3-5-8(9)13-10(14)7-16-11(13)12/h3-6,12H,2,7H2,1H3. The third kappa shape index (κ3) is 1.90. The van der Waals surface area contributed by atoms with Crippen LogP contribution in [0.25, 0.3) is 0 Å². The van der Waals surface area contributed by atoms with Crippen molar-refractivity contribution in [2.45, 2.75) is 6.92 Å². The van der Waals surface area contributed by atoms with Crippen molar-refractivity contribution in [1.82, 2.24) is 0 Å². The van der Waals surface area contributed by atoms with E-state index in [1.165, 1.54) is 16.7 Å². The molecule has 2 rings (SSSR count). The molecule has 0 atom stereocenters. The highest BCUT2D eigenvalue weighted by Crippen LogP contribution is 2.33. The van der Waals surface area contributed by atoms with Crippen LogP contribution in [-0.2, 0) is 4.79 Å². The van der Waals surface area contributed by atoms with Crippen molar-refractivity contribution in [1.29, 1.82) is 5.41 Å². The number of nitrogens with one attached hydrogen (secondary N) is 1. The Labute approximate surface area is 98.1 Å². The van der Waals surface area contributed by atoms with Crippen molar-refractivity contribution in [2.24, 2.45) is 0 Å². The Hall–Kier alpha value is -1.49. The van der Waals surface area contributed by atoms with Crippen LogP contribution in [0.5, 0.6) is 5.75 Å². The molecule has 0 radical (unpaired) electrons. The van der Waals surface area contributed by atoms with Crippen molar-refractivity contribution in [3.05, 3.63) is 24.3 Å². The van der Waals surface area contributed by atoms with Gasteiger partial charge < -0.3 is 4.74 Å². The van der Waals surface area contributed by atoms with Gasteiger partial charge in [0.1, 0.15) is 5.75 Å². The van der Waals surface area contributed by atoms with Crippen molar-refractivity contribution >= 4 is 28.5 Å². The molecule has 0 aromatic heterocycles. The number of benzene rings is 1. The molecule has 0 unspecified atom stereocenters. The lowest BCUT2D eigenvalue weighted by Crippen LogP contribution is -2.29. The van der Waals surface area contributed by atoms with Crippen molar-refractivity contribution < 1.29 is 9.53 Å². The molecule has 4 nitrogen and oxygen atoms in total. The number of amidine groups is 1. The molecule has 1 fully saturated rings. The summed E-state index contributed by atoms with van der Waals surface area (Å²) in [5, 5.41) is 7.98. The molecule has 1 aromatic carbocycles. The number of rotatable bonds is 3. The number of hydrogen-bond acceptors (Lipinski definition) is 4. The van der Waals surface area contributed by atoms with Crippen LogP contribution < -0.4 is 9.64 Å². The largest absolute Gasteiger partial charge is 0.492 e. The van der Waals surface area contributed by atoms with Gasteiger partial charge >= 0.3 is 0 Å². The first kappa shape index (κ1) is 11.0. The van der Waals surface area contributed by atoms with Gasteiger partial charge in [-0.3, -0.25) is 15.1 Å². The predicted octanol–water partition coefficient (Wildman–Crippen LogP) is 2.10. The summed E-state index contributed by atoms with van der Waals surface area (Å²) in [7, 11) is 0. The van der Waals surface area contributed by atoms with E-state index < -0.39 is 0 Å². The number of nitrogens with zero attached hydrogens (tertiary/aromatic N) is 1. The lowest BCUT2D eigenvalue weighted by molar-refractivity contribution is -0.115. The Kier molecular flexibility index (Phi) is 3.14. The zero-order chi connectivity index (χ0) is 11.5.